The van der Waals surface area contributed by atoms with E-state index in [2.05, 4.69) is 4.98 Å². The highest BCUT2D eigenvalue weighted by Gasteiger charge is 2.29. The normalized spacial score (nSPS) is 12.7. The molecule has 3 rings (SSSR count). The fourth-order valence-electron chi connectivity index (χ4n) is 3.03. The van der Waals surface area contributed by atoms with E-state index in [1.54, 1.807) is 48.5 Å². The molecule has 2 amide bonds. The van der Waals surface area contributed by atoms with Crippen LogP contribution in [0.15, 0.2) is 48.8 Å². The first-order chi connectivity index (χ1) is 14.1. The number of para-hydroxylation sites is 2. The summed E-state index contributed by atoms with van der Waals surface area (Å²) in [5, 5.41) is 0. The van der Waals surface area contributed by atoms with Gasteiger partial charge in [0.05, 0.1) is 18.7 Å². The van der Waals surface area contributed by atoms with Crippen molar-refractivity contribution in [2.24, 2.45) is 0 Å². The van der Waals surface area contributed by atoms with Crippen molar-refractivity contribution in [2.75, 3.05) is 31.2 Å². The van der Waals surface area contributed by atoms with Crippen molar-refractivity contribution in [1.82, 2.24) is 9.88 Å². The number of hydrogen-bond acceptors (Lipinski definition) is 6. The molecule has 0 spiro atoms. The largest absolute Gasteiger partial charge is 0.482 e. The number of carbonyl (C=O) groups excluding carboxylic acids is 3. The molecule has 8 nitrogen and oxygen atoms in total. The molecule has 0 unspecified atom stereocenters. The quantitative estimate of drug-likeness (QED) is 0.631. The molecule has 2 aromatic rings. The second kappa shape index (κ2) is 9.68. The molecule has 2 heterocycles. The molecule has 0 atom stereocenters. The van der Waals surface area contributed by atoms with Gasteiger partial charge < -0.3 is 14.4 Å². The minimum absolute atomic E-state index is 0.0769. The Balaban J connectivity index is 1.75. The summed E-state index contributed by atoms with van der Waals surface area (Å²) < 4.78 is 10.4. The Morgan fingerprint density at radius 3 is 2.83 bits per heavy atom. The standard InChI is InChI=1S/C21H23N3O5/c1-2-28-21(27)9-11-23(13-16-6-5-10-22-12-16)19(25)14-24-17-7-3-4-8-18(17)29-15-20(24)26/h3-8,10,12H,2,9,11,13-15H2,1H3. The molecule has 1 aromatic heterocycles. The predicted octanol–water partition coefficient (Wildman–Crippen LogP) is 1.79. The van der Waals surface area contributed by atoms with Crippen LogP contribution < -0.4 is 9.64 Å². The zero-order valence-electron chi connectivity index (χ0n) is 16.2. The third-order valence-corrected chi connectivity index (χ3v) is 4.44. The van der Waals surface area contributed by atoms with Crippen LogP contribution in [0.25, 0.3) is 0 Å². The third kappa shape index (κ3) is 5.31. The third-order valence-electron chi connectivity index (χ3n) is 4.44. The summed E-state index contributed by atoms with van der Waals surface area (Å²) in [6, 6.07) is 10.7. The number of ether oxygens (including phenoxy) is 2. The van der Waals surface area contributed by atoms with Gasteiger partial charge in [0.1, 0.15) is 12.3 Å². The summed E-state index contributed by atoms with van der Waals surface area (Å²) in [4.78, 5) is 44.2. The monoisotopic (exact) mass is 397 g/mol. The van der Waals surface area contributed by atoms with Crippen LogP contribution in [0.4, 0.5) is 5.69 Å². The molecule has 0 fully saturated rings. The lowest BCUT2D eigenvalue weighted by Gasteiger charge is -2.31. The van der Waals surface area contributed by atoms with E-state index < -0.39 is 0 Å². The molecule has 1 aliphatic rings. The number of aromatic nitrogens is 1. The van der Waals surface area contributed by atoms with Gasteiger partial charge in [-0.3, -0.25) is 24.3 Å². The van der Waals surface area contributed by atoms with Crippen LogP contribution in [0, 0.1) is 0 Å². The first-order valence-corrected chi connectivity index (χ1v) is 9.43. The Morgan fingerprint density at radius 2 is 2.07 bits per heavy atom. The van der Waals surface area contributed by atoms with Crippen molar-refractivity contribution in [1.29, 1.82) is 0 Å². The van der Waals surface area contributed by atoms with Gasteiger partial charge in [0.25, 0.3) is 5.91 Å². The van der Waals surface area contributed by atoms with Crippen LogP contribution >= 0.6 is 0 Å². The van der Waals surface area contributed by atoms with E-state index in [-0.39, 0.29) is 57.1 Å². The maximum atomic E-state index is 13.1. The number of anilines is 1. The Kier molecular flexibility index (Phi) is 6.78. The highest BCUT2D eigenvalue weighted by Crippen LogP contribution is 2.31. The van der Waals surface area contributed by atoms with Gasteiger partial charge in [-0.25, -0.2) is 0 Å². The van der Waals surface area contributed by atoms with Crippen molar-refractivity contribution in [3.63, 3.8) is 0 Å². The van der Waals surface area contributed by atoms with Crippen molar-refractivity contribution in [3.8, 4) is 5.75 Å². The fraction of sp³-hybridized carbons (Fsp3) is 0.333. The van der Waals surface area contributed by atoms with Crippen molar-refractivity contribution >= 4 is 23.5 Å². The Bertz CT molecular complexity index is 872. The van der Waals surface area contributed by atoms with Gasteiger partial charge in [-0.1, -0.05) is 18.2 Å². The number of esters is 1. The minimum Gasteiger partial charge on any atom is -0.482 e. The van der Waals surface area contributed by atoms with Crippen LogP contribution in [-0.4, -0.2) is 54.0 Å². The predicted molar refractivity (Wildman–Crippen MR) is 105 cm³/mol. The number of hydrogen-bond donors (Lipinski definition) is 0. The van der Waals surface area contributed by atoms with E-state index in [1.807, 2.05) is 12.1 Å². The number of rotatable bonds is 8. The summed E-state index contributed by atoms with van der Waals surface area (Å²) in [7, 11) is 0. The lowest BCUT2D eigenvalue weighted by atomic mass is 10.2. The van der Waals surface area contributed by atoms with E-state index in [4.69, 9.17) is 9.47 Å². The molecule has 1 aromatic carbocycles. The van der Waals surface area contributed by atoms with Gasteiger partial charge in [0, 0.05) is 25.5 Å². The summed E-state index contributed by atoms with van der Waals surface area (Å²) in [5.41, 5.74) is 1.39. The molecule has 29 heavy (non-hydrogen) atoms. The van der Waals surface area contributed by atoms with Gasteiger partial charge in [0.15, 0.2) is 6.61 Å². The van der Waals surface area contributed by atoms with Gasteiger partial charge >= 0.3 is 5.97 Å². The summed E-state index contributed by atoms with van der Waals surface area (Å²) in [6.07, 6.45) is 3.39. The van der Waals surface area contributed by atoms with E-state index in [0.717, 1.165) is 5.56 Å². The van der Waals surface area contributed by atoms with Crippen LogP contribution in [0.1, 0.15) is 18.9 Å². The van der Waals surface area contributed by atoms with Crippen molar-refractivity contribution < 1.29 is 23.9 Å². The SMILES string of the molecule is CCOC(=O)CCN(Cc1cccnc1)C(=O)CN1C(=O)COc2ccccc21. The number of benzene rings is 1. The molecular weight excluding hydrogens is 374 g/mol. The van der Waals surface area contributed by atoms with Crippen LogP contribution in [0.3, 0.4) is 0 Å². The maximum Gasteiger partial charge on any atom is 0.307 e. The number of amides is 2. The molecule has 0 saturated heterocycles. The highest BCUT2D eigenvalue weighted by molar-refractivity contribution is 6.02. The smallest absolute Gasteiger partial charge is 0.307 e. The molecular formula is C21H23N3O5. The average Bonchev–Trinajstić information content (AvgIpc) is 2.74. The minimum atomic E-state index is -0.371. The Labute approximate surface area is 169 Å². The zero-order valence-corrected chi connectivity index (χ0v) is 16.2. The average molecular weight is 397 g/mol. The summed E-state index contributed by atoms with van der Waals surface area (Å²) in [5.74, 6) is -0.374. The zero-order chi connectivity index (χ0) is 20.6. The van der Waals surface area contributed by atoms with Crippen LogP contribution in [0.5, 0.6) is 5.75 Å². The molecule has 152 valence electrons. The lowest BCUT2D eigenvalue weighted by molar-refractivity contribution is -0.144. The molecule has 0 bridgehead atoms. The van der Waals surface area contributed by atoms with Gasteiger partial charge in [-0.05, 0) is 30.7 Å². The lowest BCUT2D eigenvalue weighted by Crippen LogP contribution is -2.46. The van der Waals surface area contributed by atoms with Crippen LogP contribution in [-0.2, 0) is 25.7 Å². The molecule has 0 saturated carbocycles. The number of pyridine rings is 1. The van der Waals surface area contributed by atoms with E-state index in [0.29, 0.717) is 11.4 Å². The topological polar surface area (TPSA) is 89.0 Å². The Hall–Kier alpha value is -3.42. The first kappa shape index (κ1) is 20.3. The van der Waals surface area contributed by atoms with Gasteiger partial charge in [0.2, 0.25) is 5.91 Å². The molecule has 1 aliphatic heterocycles. The van der Waals surface area contributed by atoms with E-state index >= 15 is 0 Å². The number of carbonyl (C=O) groups is 3. The van der Waals surface area contributed by atoms with Crippen molar-refractivity contribution in [2.45, 2.75) is 19.9 Å². The number of nitrogens with zero attached hydrogens (tertiary/aromatic N) is 3. The second-order valence-corrected chi connectivity index (χ2v) is 6.47. The summed E-state index contributed by atoms with van der Waals surface area (Å²) in [6.45, 7) is 2.24. The van der Waals surface area contributed by atoms with Crippen LogP contribution in [0.2, 0.25) is 0 Å². The van der Waals surface area contributed by atoms with Gasteiger partial charge in [-0.2, -0.15) is 0 Å². The second-order valence-electron chi connectivity index (χ2n) is 6.47. The molecule has 0 N–H and O–H groups in total. The Morgan fingerprint density at radius 1 is 1.24 bits per heavy atom. The maximum absolute atomic E-state index is 13.1. The molecule has 8 heteroatoms. The first-order valence-electron chi connectivity index (χ1n) is 9.43. The molecule has 0 radical (unpaired) electrons. The van der Waals surface area contributed by atoms with E-state index in [1.165, 1.54) is 4.90 Å². The summed E-state index contributed by atoms with van der Waals surface area (Å²) >= 11 is 0. The number of fused-ring (bicyclic) bond motifs is 1. The van der Waals surface area contributed by atoms with Crippen molar-refractivity contribution in [3.05, 3.63) is 54.4 Å². The van der Waals surface area contributed by atoms with Gasteiger partial charge in [-0.15, -0.1) is 0 Å². The molecule has 0 aliphatic carbocycles. The van der Waals surface area contributed by atoms with E-state index in [9.17, 15) is 14.4 Å². The fourth-order valence-corrected chi connectivity index (χ4v) is 3.03. The highest BCUT2D eigenvalue weighted by atomic mass is 16.5.